The lowest BCUT2D eigenvalue weighted by Crippen LogP contribution is -2.22. The molecule has 1 heterocycles. The van der Waals surface area contributed by atoms with Gasteiger partial charge < -0.3 is 4.98 Å². The summed E-state index contributed by atoms with van der Waals surface area (Å²) >= 11 is 0. The largest absolute Gasteiger partial charge is 0.326 e. The van der Waals surface area contributed by atoms with Crippen molar-refractivity contribution in [2.24, 2.45) is 0 Å². The number of H-pyrrole nitrogens is 2. The molecule has 0 spiro atoms. The lowest BCUT2D eigenvalue weighted by molar-refractivity contribution is 0.590. The molecule has 0 radical (unpaired) electrons. The van der Waals surface area contributed by atoms with Crippen LogP contribution < -0.4 is 11.2 Å². The predicted octanol–water partition coefficient (Wildman–Crippen LogP) is 0.495. The third-order valence-corrected chi connectivity index (χ3v) is 1.76. The molecule has 1 aromatic carbocycles. The van der Waals surface area contributed by atoms with Crippen molar-refractivity contribution >= 4 is 10.9 Å². The van der Waals surface area contributed by atoms with Crippen molar-refractivity contribution in [1.29, 1.82) is 0 Å². The number of hydrogen-bond acceptors (Lipinski definition) is 2. The second kappa shape index (κ2) is 2.76. The van der Waals surface area contributed by atoms with Gasteiger partial charge in [-0.05, 0) is 6.07 Å². The molecule has 4 nitrogen and oxygen atoms in total. The summed E-state index contributed by atoms with van der Waals surface area (Å²) in [4.78, 5) is 25.8. The number of aromatic amines is 2. The monoisotopic (exact) mass is 198 g/mol. The molecule has 0 bridgehead atoms. The van der Waals surface area contributed by atoms with Gasteiger partial charge >= 0.3 is 5.69 Å². The molecule has 0 fully saturated rings. The van der Waals surface area contributed by atoms with Crippen molar-refractivity contribution < 1.29 is 8.78 Å². The second-order valence-electron chi connectivity index (χ2n) is 2.72. The van der Waals surface area contributed by atoms with E-state index in [1.807, 2.05) is 4.98 Å². The normalized spacial score (nSPS) is 10.7. The van der Waals surface area contributed by atoms with E-state index in [-0.39, 0.29) is 10.9 Å². The van der Waals surface area contributed by atoms with Gasteiger partial charge in [0.25, 0.3) is 5.56 Å². The zero-order valence-corrected chi connectivity index (χ0v) is 6.73. The van der Waals surface area contributed by atoms with Crippen LogP contribution in [0.3, 0.4) is 0 Å². The number of rotatable bonds is 0. The fourth-order valence-corrected chi connectivity index (χ4v) is 1.22. The lowest BCUT2D eigenvalue weighted by atomic mass is 10.2. The Hall–Kier alpha value is -1.98. The first-order valence-corrected chi connectivity index (χ1v) is 3.69. The molecule has 72 valence electrons. The third-order valence-electron chi connectivity index (χ3n) is 1.76. The van der Waals surface area contributed by atoms with Crippen molar-refractivity contribution in [2.75, 3.05) is 0 Å². The molecule has 2 rings (SSSR count). The summed E-state index contributed by atoms with van der Waals surface area (Å²) in [7, 11) is 0. The number of hydrogen-bond donors (Lipinski definition) is 2. The van der Waals surface area contributed by atoms with Crippen molar-refractivity contribution in [1.82, 2.24) is 9.97 Å². The molecule has 6 heteroatoms. The molecule has 2 aromatic rings. The molecular weight excluding hydrogens is 194 g/mol. The Kier molecular flexibility index (Phi) is 1.70. The van der Waals surface area contributed by atoms with Gasteiger partial charge in [0.1, 0.15) is 11.6 Å². The molecule has 14 heavy (non-hydrogen) atoms. The standard InChI is InChI=1S/C8H4F2N2O2/c9-3-1-4(10)6-5(2-3)11-8(14)12-7(6)13/h1-2H,(H2,11,12,13,14). The van der Waals surface area contributed by atoms with Crippen LogP contribution >= 0.6 is 0 Å². The average molecular weight is 198 g/mol. The summed E-state index contributed by atoms with van der Waals surface area (Å²) in [6.07, 6.45) is 0. The molecule has 0 aliphatic heterocycles. The highest BCUT2D eigenvalue weighted by Gasteiger charge is 2.08. The smallest absolute Gasteiger partial charge is 0.307 e. The summed E-state index contributed by atoms with van der Waals surface area (Å²) < 4.78 is 25.7. The molecule has 0 atom stereocenters. The maximum Gasteiger partial charge on any atom is 0.326 e. The average Bonchev–Trinajstić information content (AvgIpc) is 1.99. The molecule has 0 aliphatic carbocycles. The van der Waals surface area contributed by atoms with Crippen LogP contribution in [0.25, 0.3) is 10.9 Å². The van der Waals surface area contributed by atoms with E-state index in [2.05, 4.69) is 4.98 Å². The molecule has 0 saturated carbocycles. The van der Waals surface area contributed by atoms with Crippen molar-refractivity contribution in [2.45, 2.75) is 0 Å². The summed E-state index contributed by atoms with van der Waals surface area (Å²) in [5, 5.41) is -0.356. The van der Waals surface area contributed by atoms with Crippen molar-refractivity contribution in [3.8, 4) is 0 Å². The number of fused-ring (bicyclic) bond motifs is 1. The van der Waals surface area contributed by atoms with Gasteiger partial charge in [0.15, 0.2) is 0 Å². The van der Waals surface area contributed by atoms with Gasteiger partial charge in [0.05, 0.1) is 10.9 Å². The van der Waals surface area contributed by atoms with Crippen molar-refractivity contribution in [3.05, 3.63) is 44.6 Å². The Bertz CT molecular complexity index is 615. The molecule has 0 aliphatic rings. The van der Waals surface area contributed by atoms with Gasteiger partial charge in [-0.25, -0.2) is 13.6 Å². The Labute approximate surface area is 75.2 Å². The summed E-state index contributed by atoms with van der Waals surface area (Å²) in [5.41, 5.74) is -1.83. The van der Waals surface area contributed by atoms with E-state index >= 15 is 0 Å². The molecule has 0 amide bonds. The summed E-state index contributed by atoms with van der Waals surface area (Å²) in [6, 6.07) is 1.46. The molecular formula is C8H4F2N2O2. The first-order chi connectivity index (χ1) is 6.58. The highest BCUT2D eigenvalue weighted by Crippen LogP contribution is 2.11. The Morgan fingerprint density at radius 1 is 1.07 bits per heavy atom. The molecule has 1 aromatic heterocycles. The summed E-state index contributed by atoms with van der Waals surface area (Å²) in [6.45, 7) is 0. The molecule has 0 unspecified atom stereocenters. The van der Waals surface area contributed by atoms with Crippen LogP contribution in [0, 0.1) is 11.6 Å². The highest BCUT2D eigenvalue weighted by molar-refractivity contribution is 5.77. The maximum absolute atomic E-state index is 13.1. The topological polar surface area (TPSA) is 65.7 Å². The van der Waals surface area contributed by atoms with Gasteiger partial charge in [-0.15, -0.1) is 0 Å². The Morgan fingerprint density at radius 2 is 1.79 bits per heavy atom. The zero-order chi connectivity index (χ0) is 10.3. The number of benzene rings is 1. The van der Waals surface area contributed by atoms with Crippen LogP contribution in [0.5, 0.6) is 0 Å². The van der Waals surface area contributed by atoms with Crippen LogP contribution in [0.15, 0.2) is 21.7 Å². The first kappa shape index (κ1) is 8.61. The first-order valence-electron chi connectivity index (χ1n) is 3.69. The van der Waals surface area contributed by atoms with E-state index < -0.39 is 22.9 Å². The van der Waals surface area contributed by atoms with Gasteiger partial charge in [-0.3, -0.25) is 9.78 Å². The fourth-order valence-electron chi connectivity index (χ4n) is 1.22. The van der Waals surface area contributed by atoms with Crippen LogP contribution in [0.2, 0.25) is 0 Å². The van der Waals surface area contributed by atoms with Crippen LogP contribution in [-0.2, 0) is 0 Å². The highest BCUT2D eigenvalue weighted by atomic mass is 19.1. The third kappa shape index (κ3) is 1.20. The number of halogens is 2. The van der Waals surface area contributed by atoms with Crippen molar-refractivity contribution in [3.63, 3.8) is 0 Å². The SMILES string of the molecule is O=c1[nH]c(=O)c2c(F)cc(F)cc2[nH]1. The maximum atomic E-state index is 13.1. The van der Waals surface area contributed by atoms with Crippen LogP contribution in [0.1, 0.15) is 0 Å². The Morgan fingerprint density at radius 3 is 2.50 bits per heavy atom. The minimum absolute atomic E-state index is 0.156. The predicted molar refractivity (Wildman–Crippen MR) is 45.1 cm³/mol. The summed E-state index contributed by atoms with van der Waals surface area (Å²) in [5.74, 6) is -1.85. The van der Waals surface area contributed by atoms with Gasteiger partial charge in [-0.1, -0.05) is 0 Å². The Balaban J connectivity index is 3.10. The molecule has 0 saturated heterocycles. The van der Waals surface area contributed by atoms with E-state index in [0.29, 0.717) is 6.07 Å². The van der Waals surface area contributed by atoms with E-state index in [9.17, 15) is 18.4 Å². The fraction of sp³-hybridized carbons (Fsp3) is 0. The number of nitrogens with one attached hydrogen (secondary N) is 2. The van der Waals surface area contributed by atoms with Crippen LogP contribution in [-0.4, -0.2) is 9.97 Å². The zero-order valence-electron chi connectivity index (χ0n) is 6.73. The minimum atomic E-state index is -1.00. The quantitative estimate of drug-likeness (QED) is 0.647. The number of aromatic nitrogens is 2. The van der Waals surface area contributed by atoms with Gasteiger partial charge in [0, 0.05) is 6.07 Å². The van der Waals surface area contributed by atoms with E-state index in [4.69, 9.17) is 0 Å². The van der Waals surface area contributed by atoms with Gasteiger partial charge in [0.2, 0.25) is 0 Å². The molecule has 2 N–H and O–H groups in total. The minimum Gasteiger partial charge on any atom is -0.307 e. The lowest BCUT2D eigenvalue weighted by Gasteiger charge is -1.97. The van der Waals surface area contributed by atoms with E-state index in [0.717, 1.165) is 6.07 Å². The van der Waals surface area contributed by atoms with E-state index in [1.54, 1.807) is 0 Å². The van der Waals surface area contributed by atoms with Crippen LogP contribution in [0.4, 0.5) is 8.78 Å². The van der Waals surface area contributed by atoms with Gasteiger partial charge in [-0.2, -0.15) is 0 Å². The van der Waals surface area contributed by atoms with E-state index in [1.165, 1.54) is 0 Å². The second-order valence-corrected chi connectivity index (χ2v) is 2.72.